The van der Waals surface area contributed by atoms with Crippen molar-refractivity contribution in [3.05, 3.63) is 48.5 Å². The molecule has 0 aliphatic rings. The first kappa shape index (κ1) is 47.9. The standard InChI is InChI=1S/C18H26N2O6.C15H22N2O4.C3H5ClO2/c1-3-25-14-9-7-8-13(12-14)19-17(23)15(20-18(24)26-4-2)10-5-6-11-16(21)22;1-2-21-12-7-5-6-11(10-12)17-15(20)13(16)8-3-4-9-14(18)19;1-2-6-3(4)5/h7-9,12,15H,3-6,10-11H2,1-2H3,(H,19,23)(H,20,24)(H,21,22);5-7,10,13H,2-4,8-9,16H2,1H3,(H,17,20)(H,18,19);2H2,1H3/t15-;13-;/m00./s1. The molecule has 2 rings (SSSR count). The van der Waals surface area contributed by atoms with Crippen molar-refractivity contribution in [2.75, 3.05) is 37.1 Å². The molecule has 0 saturated carbocycles. The van der Waals surface area contributed by atoms with E-state index in [1.54, 1.807) is 56.3 Å². The molecule has 0 radical (unpaired) electrons. The van der Waals surface area contributed by atoms with Crippen molar-refractivity contribution in [3.63, 3.8) is 0 Å². The number of carbonyl (C=O) groups is 6. The molecular weight excluding hydrogens is 716 g/mol. The normalized spacial score (nSPS) is 11.1. The minimum atomic E-state index is -0.892. The van der Waals surface area contributed by atoms with Gasteiger partial charge in [0.2, 0.25) is 11.8 Å². The Bertz CT molecular complexity index is 1410. The number of alkyl carbamates (subject to hydrolysis) is 1. The Morgan fingerprint density at radius 1 is 0.679 bits per heavy atom. The third-order valence-electron chi connectivity index (χ3n) is 6.59. The summed E-state index contributed by atoms with van der Waals surface area (Å²) in [5.74, 6) is -1.09. The molecule has 53 heavy (non-hydrogen) atoms. The zero-order valence-electron chi connectivity index (χ0n) is 30.7. The molecule has 0 heterocycles. The summed E-state index contributed by atoms with van der Waals surface area (Å²) >= 11 is 4.72. The van der Waals surface area contributed by atoms with Crippen LogP contribution in [0.1, 0.15) is 79.1 Å². The molecule has 2 aromatic carbocycles. The lowest BCUT2D eigenvalue weighted by Gasteiger charge is -2.18. The number of carboxylic acid groups (broad SMARTS) is 2. The van der Waals surface area contributed by atoms with E-state index in [1.807, 2.05) is 19.9 Å². The number of nitrogens with one attached hydrogen (secondary N) is 3. The fraction of sp³-hybridized carbons (Fsp3) is 0.500. The molecule has 0 aromatic heterocycles. The Labute approximate surface area is 315 Å². The minimum Gasteiger partial charge on any atom is -0.494 e. The number of amides is 3. The summed E-state index contributed by atoms with van der Waals surface area (Å²) in [6.07, 6.45) is 2.24. The van der Waals surface area contributed by atoms with Gasteiger partial charge in [0.05, 0.1) is 32.5 Å². The van der Waals surface area contributed by atoms with Gasteiger partial charge in [0, 0.05) is 48.0 Å². The highest BCUT2D eigenvalue weighted by Crippen LogP contribution is 2.19. The number of rotatable bonds is 21. The van der Waals surface area contributed by atoms with Crippen LogP contribution < -0.4 is 31.2 Å². The first-order valence-corrected chi connectivity index (χ1v) is 17.7. The lowest BCUT2D eigenvalue weighted by molar-refractivity contribution is -0.138. The summed E-state index contributed by atoms with van der Waals surface area (Å²) < 4.78 is 19.7. The summed E-state index contributed by atoms with van der Waals surface area (Å²) in [7, 11) is 0. The monoisotopic (exact) mass is 768 g/mol. The fourth-order valence-electron chi connectivity index (χ4n) is 4.22. The van der Waals surface area contributed by atoms with E-state index >= 15 is 0 Å². The number of aliphatic carboxylic acids is 2. The number of halogens is 1. The smallest absolute Gasteiger partial charge is 0.407 e. The first-order chi connectivity index (χ1) is 25.3. The molecule has 16 nitrogen and oxygen atoms in total. The number of carboxylic acids is 2. The maximum atomic E-state index is 12.5. The van der Waals surface area contributed by atoms with Crippen LogP contribution in [0.25, 0.3) is 0 Å². The van der Waals surface area contributed by atoms with Crippen molar-refractivity contribution in [1.82, 2.24) is 5.32 Å². The maximum absolute atomic E-state index is 12.5. The molecule has 3 amide bonds. The van der Waals surface area contributed by atoms with E-state index in [-0.39, 0.29) is 25.4 Å². The zero-order chi connectivity index (χ0) is 40.0. The van der Waals surface area contributed by atoms with Crippen LogP contribution in [0.4, 0.5) is 21.0 Å². The van der Waals surface area contributed by atoms with E-state index in [1.165, 1.54) is 0 Å². The number of carbonyl (C=O) groups excluding carboxylic acids is 4. The van der Waals surface area contributed by atoms with E-state index in [4.69, 9.17) is 41.8 Å². The Balaban J connectivity index is 0.000000897. The number of nitrogens with two attached hydrogens (primary N) is 1. The maximum Gasteiger partial charge on any atom is 0.407 e. The van der Waals surface area contributed by atoms with Crippen LogP contribution in [0.15, 0.2) is 48.5 Å². The van der Waals surface area contributed by atoms with Crippen molar-refractivity contribution in [3.8, 4) is 11.5 Å². The predicted octanol–water partition coefficient (Wildman–Crippen LogP) is 6.16. The number of ether oxygens (including phenoxy) is 4. The molecule has 17 heteroatoms. The van der Waals surface area contributed by atoms with Gasteiger partial charge in [-0.05, 0) is 77.6 Å². The molecule has 0 spiro atoms. The summed E-state index contributed by atoms with van der Waals surface area (Å²) in [6, 6.07) is 12.6. The zero-order valence-corrected chi connectivity index (χ0v) is 31.4. The summed E-state index contributed by atoms with van der Waals surface area (Å²) in [6.45, 7) is 8.72. The molecule has 2 atom stereocenters. The molecule has 0 aliphatic heterocycles. The molecular formula is C36H53ClN4O12. The van der Waals surface area contributed by atoms with Gasteiger partial charge in [-0.1, -0.05) is 25.0 Å². The van der Waals surface area contributed by atoms with Crippen molar-refractivity contribution in [2.24, 2.45) is 5.73 Å². The summed E-state index contributed by atoms with van der Waals surface area (Å²) in [4.78, 5) is 66.6. The van der Waals surface area contributed by atoms with Crippen molar-refractivity contribution >= 4 is 58.3 Å². The third kappa shape index (κ3) is 25.5. The second-order valence-electron chi connectivity index (χ2n) is 10.9. The average molecular weight is 769 g/mol. The van der Waals surface area contributed by atoms with E-state index in [0.717, 1.165) is 0 Å². The van der Waals surface area contributed by atoms with Crippen LogP contribution in [0.3, 0.4) is 0 Å². The van der Waals surface area contributed by atoms with Crippen LogP contribution in [0, 0.1) is 0 Å². The molecule has 0 aliphatic carbocycles. The van der Waals surface area contributed by atoms with E-state index < -0.39 is 41.5 Å². The van der Waals surface area contributed by atoms with Crippen LogP contribution in [0.2, 0.25) is 0 Å². The number of hydrogen-bond acceptors (Lipinski definition) is 11. The summed E-state index contributed by atoms with van der Waals surface area (Å²) in [5.41, 5.74) is 6.22. The molecule has 7 N–H and O–H groups in total. The van der Waals surface area contributed by atoms with Gasteiger partial charge in [0.15, 0.2) is 0 Å². The van der Waals surface area contributed by atoms with E-state index in [0.29, 0.717) is 81.2 Å². The van der Waals surface area contributed by atoms with Crippen LogP contribution in [-0.2, 0) is 28.7 Å². The number of anilines is 2. The van der Waals surface area contributed by atoms with Gasteiger partial charge in [-0.25, -0.2) is 9.59 Å². The molecule has 296 valence electrons. The van der Waals surface area contributed by atoms with E-state index in [2.05, 4.69) is 20.7 Å². The second kappa shape index (κ2) is 29.5. The van der Waals surface area contributed by atoms with Gasteiger partial charge in [0.1, 0.15) is 17.5 Å². The van der Waals surface area contributed by atoms with Gasteiger partial charge in [-0.3, -0.25) is 19.2 Å². The second-order valence-corrected chi connectivity index (χ2v) is 11.2. The number of benzene rings is 2. The molecule has 0 unspecified atom stereocenters. The molecule has 0 fully saturated rings. The van der Waals surface area contributed by atoms with Crippen molar-refractivity contribution in [2.45, 2.75) is 91.1 Å². The Kier molecular flexibility index (Phi) is 26.7. The first-order valence-electron chi connectivity index (χ1n) is 17.3. The van der Waals surface area contributed by atoms with Gasteiger partial charge in [-0.2, -0.15) is 0 Å². The highest BCUT2D eigenvalue weighted by molar-refractivity contribution is 6.61. The Hall–Kier alpha value is -5.09. The highest BCUT2D eigenvalue weighted by atomic mass is 35.5. The third-order valence-corrected chi connectivity index (χ3v) is 6.70. The quantitative estimate of drug-likeness (QED) is 0.0616. The lowest BCUT2D eigenvalue weighted by Crippen LogP contribution is -2.44. The number of unbranched alkanes of at least 4 members (excludes halogenated alkanes) is 2. The predicted molar refractivity (Wildman–Crippen MR) is 199 cm³/mol. The largest absolute Gasteiger partial charge is 0.494 e. The van der Waals surface area contributed by atoms with Gasteiger partial charge in [-0.15, -0.1) is 0 Å². The van der Waals surface area contributed by atoms with Crippen molar-refractivity contribution in [1.29, 1.82) is 0 Å². The highest BCUT2D eigenvalue weighted by Gasteiger charge is 2.21. The Morgan fingerprint density at radius 3 is 1.57 bits per heavy atom. The van der Waals surface area contributed by atoms with Crippen LogP contribution in [-0.4, -0.2) is 84.0 Å². The lowest BCUT2D eigenvalue weighted by atomic mass is 10.1. The molecule has 0 bridgehead atoms. The van der Waals surface area contributed by atoms with Gasteiger partial charge < -0.3 is 50.8 Å². The summed E-state index contributed by atoms with van der Waals surface area (Å²) in [5, 5.41) is 25.2. The minimum absolute atomic E-state index is 0.0180. The fourth-order valence-corrected chi connectivity index (χ4v) is 4.33. The number of hydrogen-bond donors (Lipinski definition) is 6. The SMILES string of the molecule is CCOC(=O)Cl.CCOC(=O)N[C@@H](CCCCC(=O)O)C(=O)Nc1cccc(OCC)c1.CCOc1cccc(NC(=O)[C@@H](N)CCCCC(=O)O)c1. The van der Waals surface area contributed by atoms with Crippen LogP contribution in [0.5, 0.6) is 11.5 Å². The average Bonchev–Trinajstić information content (AvgIpc) is 3.09. The topological polar surface area (TPSA) is 242 Å². The van der Waals surface area contributed by atoms with Gasteiger partial charge >= 0.3 is 23.5 Å². The van der Waals surface area contributed by atoms with Crippen molar-refractivity contribution < 1.29 is 57.9 Å². The van der Waals surface area contributed by atoms with Gasteiger partial charge in [0.25, 0.3) is 0 Å². The Morgan fingerprint density at radius 2 is 1.15 bits per heavy atom. The van der Waals surface area contributed by atoms with E-state index in [9.17, 15) is 28.8 Å². The van der Waals surface area contributed by atoms with Crippen LogP contribution >= 0.6 is 11.6 Å². The molecule has 0 saturated heterocycles. The molecule has 2 aromatic rings.